The third-order valence-electron chi connectivity index (χ3n) is 3.41. The number of anilines is 1. The minimum absolute atomic E-state index is 0.616. The molecule has 1 aliphatic rings. The van der Waals surface area contributed by atoms with Gasteiger partial charge in [0, 0.05) is 11.6 Å². The van der Waals surface area contributed by atoms with E-state index in [0.717, 1.165) is 18.2 Å². The van der Waals surface area contributed by atoms with Crippen molar-refractivity contribution in [2.24, 2.45) is 5.92 Å². The normalized spacial score (nSPS) is 16.5. The van der Waals surface area contributed by atoms with Gasteiger partial charge in [0.1, 0.15) is 6.07 Å². The van der Waals surface area contributed by atoms with Crippen LogP contribution in [-0.2, 0) is 0 Å². The summed E-state index contributed by atoms with van der Waals surface area (Å²) in [4.78, 5) is 0. The standard InChI is InChI=1S/C14H17ClN2/c15-13-6-7-14(12(8-13)9-16)17-10-11-4-2-1-3-5-11/h6-8,11,17H,1-5,10H2. The Balaban J connectivity index is 1.96. The molecule has 0 aliphatic heterocycles. The molecular weight excluding hydrogens is 232 g/mol. The van der Waals surface area contributed by atoms with E-state index in [9.17, 15) is 0 Å². The van der Waals surface area contributed by atoms with Crippen molar-refractivity contribution >= 4 is 17.3 Å². The van der Waals surface area contributed by atoms with Crippen LogP contribution in [0.2, 0.25) is 5.02 Å². The maximum Gasteiger partial charge on any atom is 0.101 e. The molecule has 1 aromatic rings. The highest BCUT2D eigenvalue weighted by Gasteiger charge is 2.13. The van der Waals surface area contributed by atoms with Crippen LogP contribution in [0, 0.1) is 17.2 Å². The SMILES string of the molecule is N#Cc1cc(Cl)ccc1NCC1CCCCC1. The molecule has 0 amide bonds. The van der Waals surface area contributed by atoms with Crippen molar-refractivity contribution in [2.75, 3.05) is 11.9 Å². The van der Waals surface area contributed by atoms with Crippen LogP contribution in [0.3, 0.4) is 0 Å². The Labute approximate surface area is 108 Å². The van der Waals surface area contributed by atoms with Gasteiger partial charge in [0.05, 0.1) is 11.3 Å². The van der Waals surface area contributed by atoms with E-state index < -0.39 is 0 Å². The Morgan fingerprint density at radius 2 is 2.06 bits per heavy atom. The molecule has 3 heteroatoms. The lowest BCUT2D eigenvalue weighted by Gasteiger charge is -2.22. The van der Waals surface area contributed by atoms with E-state index in [1.165, 1.54) is 32.1 Å². The summed E-state index contributed by atoms with van der Waals surface area (Å²) in [6, 6.07) is 7.61. The number of nitrogens with one attached hydrogen (secondary N) is 1. The second-order valence-electron chi connectivity index (χ2n) is 4.69. The molecular formula is C14H17ClN2. The van der Waals surface area contributed by atoms with Gasteiger partial charge >= 0.3 is 0 Å². The van der Waals surface area contributed by atoms with Crippen LogP contribution in [0.15, 0.2) is 18.2 Å². The van der Waals surface area contributed by atoms with Gasteiger partial charge in [-0.15, -0.1) is 0 Å². The summed E-state index contributed by atoms with van der Waals surface area (Å²) in [7, 11) is 0. The average Bonchev–Trinajstić information content (AvgIpc) is 2.38. The molecule has 2 rings (SSSR count). The average molecular weight is 249 g/mol. The van der Waals surface area contributed by atoms with Gasteiger partial charge in [-0.3, -0.25) is 0 Å². The highest BCUT2D eigenvalue weighted by Crippen LogP contribution is 2.25. The summed E-state index contributed by atoms with van der Waals surface area (Å²) in [5.74, 6) is 0.756. The van der Waals surface area contributed by atoms with E-state index >= 15 is 0 Å². The summed E-state index contributed by atoms with van der Waals surface area (Å²) in [5, 5.41) is 13.0. The number of nitriles is 1. The number of hydrogen-bond acceptors (Lipinski definition) is 2. The monoisotopic (exact) mass is 248 g/mol. The summed E-state index contributed by atoms with van der Waals surface area (Å²) >= 11 is 5.87. The van der Waals surface area contributed by atoms with Crippen LogP contribution in [-0.4, -0.2) is 6.54 Å². The van der Waals surface area contributed by atoms with E-state index in [4.69, 9.17) is 16.9 Å². The van der Waals surface area contributed by atoms with Crippen molar-refractivity contribution in [1.29, 1.82) is 5.26 Å². The number of hydrogen-bond donors (Lipinski definition) is 1. The van der Waals surface area contributed by atoms with E-state index in [2.05, 4.69) is 11.4 Å². The second-order valence-corrected chi connectivity index (χ2v) is 5.12. The summed E-state index contributed by atoms with van der Waals surface area (Å²) in [6.45, 7) is 0.969. The van der Waals surface area contributed by atoms with Gasteiger partial charge in [0.2, 0.25) is 0 Å². The summed E-state index contributed by atoms with van der Waals surface area (Å²) < 4.78 is 0. The van der Waals surface area contributed by atoms with Gasteiger partial charge in [0.15, 0.2) is 0 Å². The lowest BCUT2D eigenvalue weighted by Crippen LogP contribution is -2.17. The third kappa shape index (κ3) is 3.38. The molecule has 0 radical (unpaired) electrons. The van der Waals surface area contributed by atoms with Gasteiger partial charge in [-0.2, -0.15) is 5.26 Å². The zero-order valence-electron chi connectivity index (χ0n) is 9.88. The molecule has 90 valence electrons. The number of nitrogens with zero attached hydrogens (tertiary/aromatic N) is 1. The molecule has 0 saturated heterocycles. The van der Waals surface area contributed by atoms with Gasteiger partial charge in [-0.05, 0) is 37.0 Å². The Morgan fingerprint density at radius 1 is 1.29 bits per heavy atom. The van der Waals surface area contributed by atoms with Crippen molar-refractivity contribution in [1.82, 2.24) is 0 Å². The van der Waals surface area contributed by atoms with E-state index in [-0.39, 0.29) is 0 Å². The zero-order valence-corrected chi connectivity index (χ0v) is 10.6. The fourth-order valence-corrected chi connectivity index (χ4v) is 2.58. The molecule has 0 spiro atoms. The molecule has 0 bridgehead atoms. The highest BCUT2D eigenvalue weighted by molar-refractivity contribution is 6.30. The Hall–Kier alpha value is -1.20. The topological polar surface area (TPSA) is 35.8 Å². The number of benzene rings is 1. The molecule has 1 fully saturated rings. The van der Waals surface area contributed by atoms with Crippen LogP contribution >= 0.6 is 11.6 Å². The zero-order chi connectivity index (χ0) is 12.1. The van der Waals surface area contributed by atoms with Crippen LogP contribution in [0.1, 0.15) is 37.7 Å². The highest BCUT2D eigenvalue weighted by atomic mass is 35.5. The Bertz CT molecular complexity index is 417. The van der Waals surface area contributed by atoms with Crippen LogP contribution in [0.5, 0.6) is 0 Å². The molecule has 0 unspecified atom stereocenters. The smallest absolute Gasteiger partial charge is 0.101 e. The minimum Gasteiger partial charge on any atom is -0.384 e. The Kier molecular flexibility index (Phi) is 4.28. The fraction of sp³-hybridized carbons (Fsp3) is 0.500. The minimum atomic E-state index is 0.616. The predicted molar refractivity (Wildman–Crippen MR) is 71.2 cm³/mol. The lowest BCUT2D eigenvalue weighted by molar-refractivity contribution is 0.373. The van der Waals surface area contributed by atoms with Crippen LogP contribution in [0.4, 0.5) is 5.69 Å². The van der Waals surface area contributed by atoms with E-state index in [1.54, 1.807) is 6.07 Å². The molecule has 17 heavy (non-hydrogen) atoms. The number of rotatable bonds is 3. The van der Waals surface area contributed by atoms with Crippen LogP contribution < -0.4 is 5.32 Å². The van der Waals surface area contributed by atoms with Gasteiger partial charge in [-0.1, -0.05) is 30.9 Å². The quantitative estimate of drug-likeness (QED) is 0.870. The third-order valence-corrected chi connectivity index (χ3v) is 3.64. The molecule has 0 atom stereocenters. The molecule has 1 aromatic carbocycles. The first-order valence-corrected chi connectivity index (χ1v) is 6.61. The molecule has 0 heterocycles. The maximum atomic E-state index is 9.03. The maximum absolute atomic E-state index is 9.03. The second kappa shape index (κ2) is 5.93. The molecule has 1 aliphatic carbocycles. The first kappa shape index (κ1) is 12.3. The first-order valence-electron chi connectivity index (χ1n) is 6.23. The first-order chi connectivity index (χ1) is 8.29. The van der Waals surface area contributed by atoms with Crippen LogP contribution in [0.25, 0.3) is 0 Å². The summed E-state index contributed by atoms with van der Waals surface area (Å²) in [5.41, 5.74) is 1.54. The molecule has 0 aromatic heterocycles. The van der Waals surface area contributed by atoms with E-state index in [1.807, 2.05) is 12.1 Å². The van der Waals surface area contributed by atoms with Crippen molar-refractivity contribution < 1.29 is 0 Å². The fourth-order valence-electron chi connectivity index (χ4n) is 2.41. The molecule has 1 saturated carbocycles. The van der Waals surface area contributed by atoms with Crippen molar-refractivity contribution in [2.45, 2.75) is 32.1 Å². The Morgan fingerprint density at radius 3 is 2.76 bits per heavy atom. The van der Waals surface area contributed by atoms with Crippen molar-refractivity contribution in [3.8, 4) is 6.07 Å². The lowest BCUT2D eigenvalue weighted by atomic mass is 9.89. The largest absolute Gasteiger partial charge is 0.384 e. The van der Waals surface area contributed by atoms with Gasteiger partial charge in [0.25, 0.3) is 0 Å². The van der Waals surface area contributed by atoms with Crippen molar-refractivity contribution in [3.05, 3.63) is 28.8 Å². The predicted octanol–water partition coefficient (Wildman–Crippen LogP) is 4.20. The van der Waals surface area contributed by atoms with Gasteiger partial charge in [-0.25, -0.2) is 0 Å². The molecule has 1 N–H and O–H groups in total. The van der Waals surface area contributed by atoms with E-state index in [0.29, 0.717) is 10.6 Å². The van der Waals surface area contributed by atoms with Crippen molar-refractivity contribution in [3.63, 3.8) is 0 Å². The number of halogens is 1. The molecule has 2 nitrogen and oxygen atoms in total. The summed E-state index contributed by atoms with van der Waals surface area (Å²) in [6.07, 6.45) is 6.68. The van der Waals surface area contributed by atoms with Gasteiger partial charge < -0.3 is 5.32 Å².